The van der Waals surface area contributed by atoms with E-state index in [1.54, 1.807) is 0 Å². The fourth-order valence-electron chi connectivity index (χ4n) is 7.99. The zero-order chi connectivity index (χ0) is 32.6. The van der Waals surface area contributed by atoms with Crippen LogP contribution in [0.1, 0.15) is 82.7 Å². The van der Waals surface area contributed by atoms with Crippen LogP contribution >= 0.6 is 0 Å². The maximum atomic E-state index is 12.0. The Morgan fingerprint density at radius 3 is 1.15 bits per heavy atom. The Hall–Kier alpha value is -5.00. The summed E-state index contributed by atoms with van der Waals surface area (Å²) in [7, 11) is 0. The summed E-state index contributed by atoms with van der Waals surface area (Å²) in [6.07, 6.45) is 0.658. The molecule has 4 heterocycles. The second kappa shape index (κ2) is 10.8. The van der Waals surface area contributed by atoms with Crippen LogP contribution in [0.2, 0.25) is 0 Å². The highest BCUT2D eigenvalue weighted by Crippen LogP contribution is 2.52. The summed E-state index contributed by atoms with van der Waals surface area (Å²) in [6.45, 7) is 3.79. The van der Waals surface area contributed by atoms with E-state index in [0.717, 1.165) is 33.4 Å². The molecule has 0 spiro atoms. The van der Waals surface area contributed by atoms with Crippen LogP contribution in [0.4, 0.5) is 0 Å². The van der Waals surface area contributed by atoms with E-state index in [1.165, 1.54) is 0 Å². The molecule has 8 atom stereocenters. The third-order valence-corrected chi connectivity index (χ3v) is 10.1. The number of rotatable bonds is 2. The number of carbonyl (C=O) groups is 8. The molecule has 0 N–H and O–H groups in total. The van der Waals surface area contributed by atoms with E-state index >= 15 is 0 Å². The quantitative estimate of drug-likeness (QED) is 0.271. The molecule has 0 radical (unpaired) electrons. The van der Waals surface area contributed by atoms with Crippen LogP contribution in [0.15, 0.2) is 36.4 Å². The van der Waals surface area contributed by atoms with E-state index in [1.807, 2.05) is 50.2 Å². The Morgan fingerprint density at radius 2 is 0.804 bits per heavy atom. The van der Waals surface area contributed by atoms with Crippen molar-refractivity contribution in [3.05, 3.63) is 69.8 Å². The van der Waals surface area contributed by atoms with Gasteiger partial charge >= 0.3 is 47.8 Å². The first-order valence-electron chi connectivity index (χ1n) is 15.1. The molecule has 2 aromatic carbocycles. The monoisotopic (exact) mass is 628 g/mol. The molecule has 0 bridgehead atoms. The van der Waals surface area contributed by atoms with Gasteiger partial charge in [-0.1, -0.05) is 47.5 Å². The van der Waals surface area contributed by atoms with Crippen molar-refractivity contribution in [2.75, 3.05) is 0 Å². The number of aryl methyl sites for hydroxylation is 2. The molecule has 12 nitrogen and oxygen atoms in total. The summed E-state index contributed by atoms with van der Waals surface area (Å²) in [5.74, 6) is -8.59. The lowest BCUT2D eigenvalue weighted by atomic mass is 9.67. The van der Waals surface area contributed by atoms with Crippen molar-refractivity contribution >= 4 is 47.8 Å². The van der Waals surface area contributed by atoms with Gasteiger partial charge in [-0.25, -0.2) is 0 Å². The van der Waals surface area contributed by atoms with Gasteiger partial charge in [0.2, 0.25) is 0 Å². The van der Waals surface area contributed by atoms with Crippen LogP contribution in [0.25, 0.3) is 0 Å². The second-order valence-corrected chi connectivity index (χ2v) is 12.8. The first-order chi connectivity index (χ1) is 21.9. The van der Waals surface area contributed by atoms with Gasteiger partial charge in [0.25, 0.3) is 0 Å². The molecular formula is C34H28O12. The summed E-state index contributed by atoms with van der Waals surface area (Å²) < 4.78 is 18.9. The lowest BCUT2D eigenvalue weighted by molar-refractivity contribution is -0.155. The van der Waals surface area contributed by atoms with Crippen molar-refractivity contribution in [2.24, 2.45) is 23.7 Å². The Kier molecular flexibility index (Phi) is 6.98. The zero-order valence-corrected chi connectivity index (χ0v) is 24.8. The van der Waals surface area contributed by atoms with Crippen LogP contribution in [0, 0.1) is 37.5 Å². The minimum Gasteiger partial charge on any atom is -0.393 e. The average molecular weight is 629 g/mol. The molecule has 8 rings (SSSR count). The number of cyclic esters (lactones) is 8. The maximum Gasteiger partial charge on any atom is 0.321 e. The minimum absolute atomic E-state index is 0.0111. The summed E-state index contributed by atoms with van der Waals surface area (Å²) >= 11 is 0. The summed E-state index contributed by atoms with van der Waals surface area (Å²) in [5, 5.41) is 0. The van der Waals surface area contributed by atoms with Gasteiger partial charge in [0.15, 0.2) is 0 Å². The number of hydrogen-bond acceptors (Lipinski definition) is 12. The van der Waals surface area contributed by atoms with E-state index in [4.69, 9.17) is 9.47 Å². The predicted molar refractivity (Wildman–Crippen MR) is 150 cm³/mol. The van der Waals surface area contributed by atoms with E-state index < -0.39 is 83.3 Å². The lowest BCUT2D eigenvalue weighted by Crippen LogP contribution is -2.31. The van der Waals surface area contributed by atoms with E-state index in [9.17, 15) is 38.4 Å². The van der Waals surface area contributed by atoms with Crippen molar-refractivity contribution in [3.63, 3.8) is 0 Å². The van der Waals surface area contributed by atoms with Gasteiger partial charge in [-0.15, -0.1) is 0 Å². The molecule has 4 fully saturated rings. The number of esters is 8. The summed E-state index contributed by atoms with van der Waals surface area (Å²) in [5.41, 5.74) is 5.05. The first kappa shape index (κ1) is 29.7. The highest BCUT2D eigenvalue weighted by Gasteiger charge is 2.55. The van der Waals surface area contributed by atoms with E-state index in [-0.39, 0.29) is 24.7 Å². The number of ether oxygens (including phenoxy) is 4. The average Bonchev–Trinajstić information content (AvgIpc) is 3.70. The second-order valence-electron chi connectivity index (χ2n) is 12.8. The molecule has 8 unspecified atom stereocenters. The fourth-order valence-corrected chi connectivity index (χ4v) is 7.99. The molecule has 46 heavy (non-hydrogen) atoms. The summed E-state index contributed by atoms with van der Waals surface area (Å²) in [4.78, 5) is 94.9. The van der Waals surface area contributed by atoms with Gasteiger partial charge in [0.05, 0.1) is 48.3 Å². The minimum atomic E-state index is -0.609. The van der Waals surface area contributed by atoms with Crippen LogP contribution in [-0.4, -0.2) is 47.8 Å². The Labute approximate surface area is 261 Å². The highest BCUT2D eigenvalue weighted by molar-refractivity contribution is 6.02. The predicted octanol–water partition coefficient (Wildman–Crippen LogP) is 2.71. The molecule has 4 saturated heterocycles. The third-order valence-electron chi connectivity index (χ3n) is 10.1. The van der Waals surface area contributed by atoms with Crippen LogP contribution in [-0.2, 0) is 57.3 Å². The van der Waals surface area contributed by atoms with Gasteiger partial charge in [-0.3, -0.25) is 38.4 Å². The van der Waals surface area contributed by atoms with Crippen LogP contribution in [0.3, 0.4) is 0 Å². The van der Waals surface area contributed by atoms with Crippen LogP contribution < -0.4 is 0 Å². The van der Waals surface area contributed by atoms with Crippen LogP contribution in [0.5, 0.6) is 0 Å². The Morgan fingerprint density at radius 1 is 0.435 bits per heavy atom. The molecule has 0 amide bonds. The van der Waals surface area contributed by atoms with E-state index in [0.29, 0.717) is 12.8 Å². The number of carbonyl (C=O) groups excluding carboxylic acids is 8. The van der Waals surface area contributed by atoms with Gasteiger partial charge in [-0.2, -0.15) is 0 Å². The van der Waals surface area contributed by atoms with Crippen molar-refractivity contribution < 1.29 is 57.3 Å². The fraction of sp³-hybridized carbons (Fsp3) is 0.412. The van der Waals surface area contributed by atoms with Gasteiger partial charge in [0, 0.05) is 0 Å². The third kappa shape index (κ3) is 4.74. The van der Waals surface area contributed by atoms with Gasteiger partial charge < -0.3 is 18.9 Å². The van der Waals surface area contributed by atoms with Crippen molar-refractivity contribution in [1.82, 2.24) is 0 Å². The topological polar surface area (TPSA) is 173 Å². The van der Waals surface area contributed by atoms with Crippen molar-refractivity contribution in [1.29, 1.82) is 0 Å². The Balaban J connectivity index is 0.000000147. The molecule has 236 valence electrons. The van der Waals surface area contributed by atoms with E-state index in [2.05, 4.69) is 9.47 Å². The first-order valence-corrected chi connectivity index (χ1v) is 15.1. The smallest absolute Gasteiger partial charge is 0.321 e. The largest absolute Gasteiger partial charge is 0.393 e. The molecule has 0 saturated carbocycles. The SMILES string of the molecule is Cc1ccc2c(c1)C1C(=O)OC(=O)C1CC2C1CC(=O)OC1=O.Cc1ccc2c(c1)C1C(=O)OC(=O)C1CC2C1CC(=O)OC1=O. The van der Waals surface area contributed by atoms with Gasteiger partial charge in [0.1, 0.15) is 0 Å². The number of fused-ring (bicyclic) bond motifs is 6. The van der Waals surface area contributed by atoms with Gasteiger partial charge in [-0.05, 0) is 60.8 Å². The molecule has 2 aliphatic carbocycles. The standard InChI is InChI=1S/2C17H14O6/c2*1-7-2-3-8-9(11-6-13(18)22-15(11)19)5-12-14(10(8)4-7)17(21)23-16(12)20/h2*2-4,9,11-12,14H,5-6H2,1H3. The number of hydrogen-bond donors (Lipinski definition) is 0. The maximum absolute atomic E-state index is 12.0. The van der Waals surface area contributed by atoms with Crippen molar-refractivity contribution in [3.8, 4) is 0 Å². The highest BCUT2D eigenvalue weighted by atomic mass is 16.6. The molecule has 4 aliphatic heterocycles. The molecular weight excluding hydrogens is 600 g/mol. The Bertz CT molecular complexity index is 1660. The summed E-state index contributed by atoms with van der Waals surface area (Å²) in [6, 6.07) is 11.3. The molecule has 0 aromatic heterocycles. The molecule has 2 aromatic rings. The number of benzene rings is 2. The molecule has 6 aliphatic rings. The normalized spacial score (nSPS) is 32.4. The van der Waals surface area contributed by atoms with Crippen molar-refractivity contribution in [2.45, 2.75) is 63.2 Å². The molecule has 12 heteroatoms. The zero-order valence-electron chi connectivity index (χ0n) is 24.8. The lowest BCUT2D eigenvalue weighted by Gasteiger charge is -2.33.